The van der Waals surface area contributed by atoms with Crippen LogP contribution in [0.1, 0.15) is 47.3 Å². The van der Waals surface area contributed by atoms with E-state index in [1.165, 1.54) is 6.42 Å². The number of rotatable bonds is 6. The van der Waals surface area contributed by atoms with Gasteiger partial charge in [0.25, 0.3) is 5.91 Å². The SMILES string of the molecule is Cc1[nH]ccc1C(=O)NCc1ccc(N2CCCC[C@@H]2CCO)nc1. The number of aromatic nitrogens is 2. The van der Waals surface area contributed by atoms with E-state index >= 15 is 0 Å². The lowest BCUT2D eigenvalue weighted by atomic mass is 9.99. The number of hydrogen-bond donors (Lipinski definition) is 3. The van der Waals surface area contributed by atoms with E-state index in [1.54, 1.807) is 12.3 Å². The first-order valence-electron chi connectivity index (χ1n) is 8.93. The average Bonchev–Trinajstić information content (AvgIpc) is 3.07. The van der Waals surface area contributed by atoms with Crippen molar-refractivity contribution in [3.8, 4) is 0 Å². The van der Waals surface area contributed by atoms with Crippen LogP contribution in [0.4, 0.5) is 5.82 Å². The third-order valence-corrected chi connectivity index (χ3v) is 4.84. The Kier molecular flexibility index (Phi) is 5.71. The molecular formula is C19H26N4O2. The summed E-state index contributed by atoms with van der Waals surface area (Å²) in [4.78, 5) is 22.0. The summed E-state index contributed by atoms with van der Waals surface area (Å²) in [7, 11) is 0. The van der Waals surface area contributed by atoms with Crippen molar-refractivity contribution in [1.82, 2.24) is 15.3 Å². The molecule has 0 saturated carbocycles. The molecule has 3 N–H and O–H groups in total. The number of hydrogen-bond acceptors (Lipinski definition) is 4. The highest BCUT2D eigenvalue weighted by atomic mass is 16.3. The van der Waals surface area contributed by atoms with Crippen LogP contribution in [0, 0.1) is 6.92 Å². The van der Waals surface area contributed by atoms with Gasteiger partial charge in [0, 0.05) is 43.8 Å². The van der Waals surface area contributed by atoms with Crippen LogP contribution in [0.5, 0.6) is 0 Å². The Morgan fingerprint density at radius 1 is 1.40 bits per heavy atom. The van der Waals surface area contributed by atoms with E-state index in [-0.39, 0.29) is 12.5 Å². The van der Waals surface area contributed by atoms with E-state index < -0.39 is 0 Å². The predicted octanol–water partition coefficient (Wildman–Crippen LogP) is 2.39. The first kappa shape index (κ1) is 17.5. The number of carbonyl (C=O) groups is 1. The molecule has 0 bridgehead atoms. The molecule has 0 aliphatic carbocycles. The number of pyridine rings is 1. The van der Waals surface area contributed by atoms with Gasteiger partial charge in [0.2, 0.25) is 0 Å². The molecule has 134 valence electrons. The molecule has 0 spiro atoms. The van der Waals surface area contributed by atoms with Crippen molar-refractivity contribution in [1.29, 1.82) is 0 Å². The minimum atomic E-state index is -0.0816. The van der Waals surface area contributed by atoms with Crippen LogP contribution in [0.3, 0.4) is 0 Å². The molecule has 1 amide bonds. The van der Waals surface area contributed by atoms with Gasteiger partial charge in [-0.1, -0.05) is 6.07 Å². The number of anilines is 1. The van der Waals surface area contributed by atoms with Gasteiger partial charge in [-0.15, -0.1) is 0 Å². The quantitative estimate of drug-likeness (QED) is 0.753. The molecule has 1 aliphatic heterocycles. The smallest absolute Gasteiger partial charge is 0.253 e. The molecule has 3 heterocycles. The van der Waals surface area contributed by atoms with Crippen LogP contribution in [0.2, 0.25) is 0 Å². The second-order valence-corrected chi connectivity index (χ2v) is 6.58. The summed E-state index contributed by atoms with van der Waals surface area (Å²) in [6, 6.07) is 6.17. The number of piperidine rings is 1. The normalized spacial score (nSPS) is 17.5. The summed E-state index contributed by atoms with van der Waals surface area (Å²) in [6.07, 6.45) is 7.86. The maximum Gasteiger partial charge on any atom is 0.253 e. The fraction of sp³-hybridized carbons (Fsp3) is 0.474. The van der Waals surface area contributed by atoms with Crippen LogP contribution in [-0.4, -0.2) is 40.2 Å². The fourth-order valence-electron chi connectivity index (χ4n) is 3.42. The summed E-state index contributed by atoms with van der Waals surface area (Å²) in [5, 5.41) is 12.2. The summed E-state index contributed by atoms with van der Waals surface area (Å²) in [5.74, 6) is 0.872. The van der Waals surface area contributed by atoms with E-state index in [0.717, 1.165) is 42.9 Å². The third kappa shape index (κ3) is 4.20. The zero-order valence-corrected chi connectivity index (χ0v) is 14.7. The molecule has 2 aromatic rings. The Morgan fingerprint density at radius 2 is 2.28 bits per heavy atom. The molecule has 0 radical (unpaired) electrons. The summed E-state index contributed by atoms with van der Waals surface area (Å²) < 4.78 is 0. The van der Waals surface area contributed by atoms with Crippen LogP contribution in [0.25, 0.3) is 0 Å². The number of amides is 1. The third-order valence-electron chi connectivity index (χ3n) is 4.84. The summed E-state index contributed by atoms with van der Waals surface area (Å²) in [6.45, 7) is 3.54. The molecule has 0 unspecified atom stereocenters. The van der Waals surface area contributed by atoms with Crippen molar-refractivity contribution >= 4 is 11.7 Å². The van der Waals surface area contributed by atoms with E-state index in [9.17, 15) is 9.90 Å². The van der Waals surface area contributed by atoms with Crippen LogP contribution >= 0.6 is 0 Å². The molecule has 1 fully saturated rings. The van der Waals surface area contributed by atoms with Crippen molar-refractivity contribution in [3.63, 3.8) is 0 Å². The highest BCUT2D eigenvalue weighted by molar-refractivity contribution is 5.95. The van der Waals surface area contributed by atoms with E-state index in [1.807, 2.05) is 25.3 Å². The summed E-state index contributed by atoms with van der Waals surface area (Å²) >= 11 is 0. The van der Waals surface area contributed by atoms with Crippen molar-refractivity contribution in [2.24, 2.45) is 0 Å². The Bertz CT molecular complexity index is 694. The molecule has 0 aromatic carbocycles. The number of nitrogens with one attached hydrogen (secondary N) is 2. The van der Waals surface area contributed by atoms with Gasteiger partial charge in [-0.25, -0.2) is 4.98 Å². The number of nitrogens with zero attached hydrogens (tertiary/aromatic N) is 2. The van der Waals surface area contributed by atoms with Crippen LogP contribution < -0.4 is 10.2 Å². The molecule has 1 atom stereocenters. The van der Waals surface area contributed by atoms with E-state index in [0.29, 0.717) is 18.2 Å². The first-order valence-corrected chi connectivity index (χ1v) is 8.93. The van der Waals surface area contributed by atoms with Crippen LogP contribution in [0.15, 0.2) is 30.6 Å². The van der Waals surface area contributed by atoms with Gasteiger partial charge in [-0.05, 0) is 50.3 Å². The molecule has 3 rings (SSSR count). The zero-order valence-electron chi connectivity index (χ0n) is 14.7. The lowest BCUT2D eigenvalue weighted by Crippen LogP contribution is -2.40. The second-order valence-electron chi connectivity index (χ2n) is 6.58. The van der Waals surface area contributed by atoms with Gasteiger partial charge in [-0.2, -0.15) is 0 Å². The maximum absolute atomic E-state index is 12.1. The minimum absolute atomic E-state index is 0.0816. The fourth-order valence-corrected chi connectivity index (χ4v) is 3.42. The highest BCUT2D eigenvalue weighted by Crippen LogP contribution is 2.25. The Labute approximate surface area is 148 Å². The lowest BCUT2D eigenvalue weighted by molar-refractivity contribution is 0.0950. The number of H-pyrrole nitrogens is 1. The van der Waals surface area contributed by atoms with Gasteiger partial charge in [0.15, 0.2) is 0 Å². The van der Waals surface area contributed by atoms with Gasteiger partial charge in [0.05, 0.1) is 5.56 Å². The Hall–Kier alpha value is -2.34. The van der Waals surface area contributed by atoms with Crippen molar-refractivity contribution in [3.05, 3.63) is 47.4 Å². The van der Waals surface area contributed by atoms with Crippen molar-refractivity contribution in [2.75, 3.05) is 18.1 Å². The van der Waals surface area contributed by atoms with Gasteiger partial charge >= 0.3 is 0 Å². The molecule has 25 heavy (non-hydrogen) atoms. The van der Waals surface area contributed by atoms with E-state index in [4.69, 9.17) is 0 Å². The van der Waals surface area contributed by atoms with Crippen LogP contribution in [-0.2, 0) is 6.54 Å². The average molecular weight is 342 g/mol. The Morgan fingerprint density at radius 3 is 2.96 bits per heavy atom. The van der Waals surface area contributed by atoms with Crippen molar-refractivity contribution in [2.45, 2.75) is 45.2 Å². The Balaban J connectivity index is 1.60. The lowest BCUT2D eigenvalue weighted by Gasteiger charge is -2.36. The van der Waals surface area contributed by atoms with Crippen molar-refractivity contribution < 1.29 is 9.90 Å². The maximum atomic E-state index is 12.1. The predicted molar refractivity (Wildman–Crippen MR) is 97.6 cm³/mol. The van der Waals surface area contributed by atoms with Gasteiger partial charge in [-0.3, -0.25) is 4.79 Å². The largest absolute Gasteiger partial charge is 0.396 e. The highest BCUT2D eigenvalue weighted by Gasteiger charge is 2.22. The van der Waals surface area contributed by atoms with E-state index in [2.05, 4.69) is 20.2 Å². The molecule has 1 aliphatic rings. The first-order chi connectivity index (χ1) is 12.2. The molecule has 6 heteroatoms. The number of aliphatic hydroxyl groups is 1. The number of aliphatic hydroxyl groups excluding tert-OH is 1. The number of carbonyl (C=O) groups excluding carboxylic acids is 1. The second kappa shape index (κ2) is 8.16. The standard InChI is InChI=1S/C19H26N4O2/c1-14-17(7-9-20-14)19(25)22-13-15-5-6-18(21-12-15)23-10-3-2-4-16(23)8-11-24/h5-7,9,12,16,20,24H,2-4,8,10-11,13H2,1H3,(H,22,25)/t16-/m1/s1. The monoisotopic (exact) mass is 342 g/mol. The molecule has 2 aromatic heterocycles. The molecule has 1 saturated heterocycles. The number of aromatic amines is 1. The van der Waals surface area contributed by atoms with Gasteiger partial charge in [0.1, 0.15) is 5.82 Å². The topological polar surface area (TPSA) is 81.2 Å². The number of aryl methyl sites for hydroxylation is 1. The zero-order chi connectivity index (χ0) is 17.6. The minimum Gasteiger partial charge on any atom is -0.396 e. The van der Waals surface area contributed by atoms with Gasteiger partial charge < -0.3 is 20.3 Å². The summed E-state index contributed by atoms with van der Waals surface area (Å²) in [5.41, 5.74) is 2.51. The molecular weight excluding hydrogens is 316 g/mol. The molecule has 6 nitrogen and oxygen atoms in total.